The first-order valence-electron chi connectivity index (χ1n) is 11.6. The minimum absolute atomic E-state index is 0.0291. The number of hydrogen-bond donors (Lipinski definition) is 1. The van der Waals surface area contributed by atoms with Crippen molar-refractivity contribution >= 4 is 17.6 Å². The fourth-order valence-electron chi connectivity index (χ4n) is 2.46. The average Bonchev–Trinajstić information content (AvgIpc) is 2.57. The van der Waals surface area contributed by atoms with E-state index in [-0.39, 0.29) is 6.42 Å². The molecule has 4 heteroatoms. The second-order valence-corrected chi connectivity index (χ2v) is 6.37. The molecule has 23 heavy (non-hydrogen) atoms. The number of rotatable bonds is 17. The summed E-state index contributed by atoms with van der Waals surface area (Å²) >= 11 is 5.42. The summed E-state index contributed by atoms with van der Waals surface area (Å²) in [6, 6.07) is 0. The number of aliphatic hydroxyl groups is 1. The largest absolute Gasteiger partial charge is 0.464 e. The zero-order valence-corrected chi connectivity index (χ0v) is 15.3. The molecule has 0 rings (SSSR count). The standard InChI is InChI=1S/C19H37ClO3/c1-2-3-4-5-6-7-8-9-10-11-12-13-14-15-19(22)23-17-18(20)16-21/h18,21H,2-17H2,1H3/i16D2,17D2,18D. The first-order valence-corrected chi connectivity index (χ1v) is 9.46. The van der Waals surface area contributed by atoms with Crippen LogP contribution in [0, 0.1) is 0 Å². The van der Waals surface area contributed by atoms with Crippen LogP contribution in [0.4, 0.5) is 0 Å². The van der Waals surface area contributed by atoms with Gasteiger partial charge in [0.1, 0.15) is 6.56 Å². The molecule has 0 saturated heterocycles. The number of ether oxygens (including phenoxy) is 1. The Morgan fingerprint density at radius 1 is 1.00 bits per heavy atom. The molecule has 0 aromatic rings. The van der Waals surface area contributed by atoms with Gasteiger partial charge >= 0.3 is 5.97 Å². The van der Waals surface area contributed by atoms with Crippen molar-refractivity contribution in [1.29, 1.82) is 0 Å². The maximum Gasteiger partial charge on any atom is 0.305 e. The molecule has 0 radical (unpaired) electrons. The van der Waals surface area contributed by atoms with Crippen molar-refractivity contribution in [2.24, 2.45) is 0 Å². The van der Waals surface area contributed by atoms with E-state index in [1.54, 1.807) is 0 Å². The maximum atomic E-state index is 11.7. The molecule has 0 aliphatic rings. The Balaban J connectivity index is 3.73. The molecule has 1 unspecified atom stereocenters. The highest BCUT2D eigenvalue weighted by Gasteiger charge is 2.07. The van der Waals surface area contributed by atoms with Gasteiger partial charge in [-0.15, -0.1) is 11.6 Å². The third-order valence-corrected chi connectivity index (χ3v) is 4.00. The van der Waals surface area contributed by atoms with Crippen LogP contribution in [0.3, 0.4) is 0 Å². The highest BCUT2D eigenvalue weighted by molar-refractivity contribution is 6.20. The van der Waals surface area contributed by atoms with Gasteiger partial charge in [0.2, 0.25) is 0 Å². The number of hydrogen-bond acceptors (Lipinski definition) is 3. The number of alkyl halides is 1. The molecule has 138 valence electrons. The lowest BCUT2D eigenvalue weighted by Crippen LogP contribution is -2.16. The molecule has 0 aliphatic heterocycles. The Labute approximate surface area is 155 Å². The van der Waals surface area contributed by atoms with E-state index in [1.165, 1.54) is 57.8 Å². The van der Waals surface area contributed by atoms with E-state index >= 15 is 0 Å². The molecule has 0 bridgehead atoms. The van der Waals surface area contributed by atoms with E-state index in [0.29, 0.717) is 6.42 Å². The summed E-state index contributed by atoms with van der Waals surface area (Å²) in [5.41, 5.74) is 0. The van der Waals surface area contributed by atoms with Gasteiger partial charge in [0.15, 0.2) is 0 Å². The predicted octanol–water partition coefficient (Wildman–Crippen LogP) is 5.61. The predicted molar refractivity (Wildman–Crippen MR) is 98.0 cm³/mol. The van der Waals surface area contributed by atoms with Crippen LogP contribution in [-0.2, 0) is 9.53 Å². The van der Waals surface area contributed by atoms with Crippen molar-refractivity contribution in [2.45, 2.75) is 102 Å². The lowest BCUT2D eigenvalue weighted by molar-refractivity contribution is -0.143. The van der Waals surface area contributed by atoms with Crippen LogP contribution >= 0.6 is 11.6 Å². The molecule has 0 aliphatic carbocycles. The Bertz CT molecular complexity index is 428. The van der Waals surface area contributed by atoms with E-state index in [2.05, 4.69) is 11.7 Å². The van der Waals surface area contributed by atoms with E-state index in [9.17, 15) is 9.90 Å². The zero-order chi connectivity index (χ0) is 21.7. The Kier molecular flexibility index (Phi) is 11.8. The summed E-state index contributed by atoms with van der Waals surface area (Å²) in [7, 11) is 0. The van der Waals surface area contributed by atoms with Crippen molar-refractivity contribution in [2.75, 3.05) is 13.1 Å². The Morgan fingerprint density at radius 3 is 1.87 bits per heavy atom. The topological polar surface area (TPSA) is 46.5 Å². The smallest absolute Gasteiger partial charge is 0.305 e. The molecular formula is C19H37ClO3. The Morgan fingerprint density at radius 2 is 1.43 bits per heavy atom. The van der Waals surface area contributed by atoms with Crippen LogP contribution in [0.1, 0.15) is 104 Å². The first kappa shape index (κ1) is 15.0. The highest BCUT2D eigenvalue weighted by atomic mass is 35.5. The van der Waals surface area contributed by atoms with Gasteiger partial charge in [0, 0.05) is 6.42 Å². The number of halogens is 1. The minimum atomic E-state index is -3.37. The van der Waals surface area contributed by atoms with Crippen LogP contribution in [0.5, 0.6) is 0 Å². The molecule has 0 aromatic heterocycles. The van der Waals surface area contributed by atoms with Gasteiger partial charge in [0.25, 0.3) is 0 Å². The minimum Gasteiger partial charge on any atom is -0.464 e. The second-order valence-electron chi connectivity index (χ2n) is 5.99. The van der Waals surface area contributed by atoms with Crippen molar-refractivity contribution in [1.82, 2.24) is 0 Å². The zero-order valence-electron chi connectivity index (χ0n) is 19.5. The molecule has 0 saturated carbocycles. The van der Waals surface area contributed by atoms with Crippen molar-refractivity contribution < 1.29 is 21.5 Å². The fourth-order valence-corrected chi connectivity index (χ4v) is 2.50. The normalized spacial score (nSPS) is 18.1. The van der Waals surface area contributed by atoms with E-state index in [0.717, 1.165) is 19.3 Å². The van der Waals surface area contributed by atoms with Crippen molar-refractivity contribution in [3.8, 4) is 0 Å². The highest BCUT2D eigenvalue weighted by Crippen LogP contribution is 2.13. The van der Waals surface area contributed by atoms with Crippen LogP contribution < -0.4 is 0 Å². The van der Waals surface area contributed by atoms with Gasteiger partial charge in [-0.3, -0.25) is 4.79 Å². The summed E-state index contributed by atoms with van der Waals surface area (Å²) < 4.78 is 41.0. The third-order valence-electron chi connectivity index (χ3n) is 3.84. The molecule has 0 aromatic carbocycles. The van der Waals surface area contributed by atoms with Crippen molar-refractivity contribution in [3.63, 3.8) is 0 Å². The van der Waals surface area contributed by atoms with Gasteiger partial charge in [-0.25, -0.2) is 0 Å². The number of carbonyl (C=O) groups excluding carboxylic acids is 1. The van der Waals surface area contributed by atoms with Crippen LogP contribution in [0.25, 0.3) is 0 Å². The number of carbonyl (C=O) groups is 1. The van der Waals surface area contributed by atoms with Crippen LogP contribution in [-0.4, -0.2) is 29.5 Å². The fraction of sp³-hybridized carbons (Fsp3) is 0.947. The lowest BCUT2D eigenvalue weighted by atomic mass is 10.0. The molecular weight excluding hydrogens is 312 g/mol. The molecule has 3 nitrogen and oxygen atoms in total. The molecule has 0 heterocycles. The molecule has 1 N–H and O–H groups in total. The van der Waals surface area contributed by atoms with E-state index in [1.807, 2.05) is 0 Å². The van der Waals surface area contributed by atoms with E-state index < -0.39 is 24.4 Å². The third kappa shape index (κ3) is 17.9. The maximum absolute atomic E-state index is 11.7. The monoisotopic (exact) mass is 353 g/mol. The van der Waals surface area contributed by atoms with Crippen LogP contribution in [0.15, 0.2) is 0 Å². The van der Waals surface area contributed by atoms with Gasteiger partial charge in [0.05, 0.1) is 18.8 Å². The van der Waals surface area contributed by atoms with Gasteiger partial charge < -0.3 is 9.84 Å². The summed E-state index contributed by atoms with van der Waals surface area (Å²) in [5.74, 6) is -0.894. The lowest BCUT2D eigenvalue weighted by Gasteiger charge is -2.07. The summed E-state index contributed by atoms with van der Waals surface area (Å²) in [6.45, 7) is -4.30. The van der Waals surface area contributed by atoms with E-state index in [4.69, 9.17) is 18.5 Å². The molecule has 0 spiro atoms. The molecule has 0 fully saturated rings. The second kappa shape index (κ2) is 18.1. The Hall–Kier alpha value is -0.280. The average molecular weight is 354 g/mol. The number of esters is 1. The van der Waals surface area contributed by atoms with Crippen LogP contribution in [0.2, 0.25) is 0 Å². The summed E-state index contributed by atoms with van der Waals surface area (Å²) in [5, 5.41) is 6.03. The quantitative estimate of drug-likeness (QED) is 0.210. The molecule has 0 amide bonds. The van der Waals surface area contributed by atoms with Crippen molar-refractivity contribution in [3.05, 3.63) is 0 Å². The molecule has 1 atom stereocenters. The first-order chi connectivity index (χ1) is 13.0. The summed E-state index contributed by atoms with van der Waals surface area (Å²) in [4.78, 5) is 11.7. The SMILES string of the molecule is [2H]C([2H])(O)C([2H])(Cl)C([2H])([2H])OC(=O)CCCCCCCCCCCCCCC. The number of unbranched alkanes of at least 4 members (excludes halogenated alkanes) is 12. The van der Waals surface area contributed by atoms with Gasteiger partial charge in [-0.2, -0.15) is 0 Å². The van der Waals surface area contributed by atoms with Gasteiger partial charge in [-0.1, -0.05) is 84.0 Å². The summed E-state index contributed by atoms with van der Waals surface area (Å²) in [6.07, 6.45) is 15.1. The van der Waals surface area contributed by atoms with Gasteiger partial charge in [-0.05, 0) is 6.42 Å².